The van der Waals surface area contributed by atoms with E-state index in [0.717, 1.165) is 0 Å². The van der Waals surface area contributed by atoms with Gasteiger partial charge in [-0.3, -0.25) is 9.52 Å². The van der Waals surface area contributed by atoms with Gasteiger partial charge in [0.15, 0.2) is 0 Å². The van der Waals surface area contributed by atoms with Gasteiger partial charge in [-0.1, -0.05) is 13.8 Å². The van der Waals surface area contributed by atoms with Gasteiger partial charge < -0.3 is 10.1 Å². The minimum absolute atomic E-state index is 0.139. The summed E-state index contributed by atoms with van der Waals surface area (Å²) in [5.74, 6) is 0.794. The zero-order valence-corrected chi connectivity index (χ0v) is 16.0. The summed E-state index contributed by atoms with van der Waals surface area (Å²) in [5.41, 5.74) is 0.869. The minimum atomic E-state index is -3.71. The highest BCUT2D eigenvalue weighted by atomic mass is 32.2. The molecule has 26 heavy (non-hydrogen) atoms. The van der Waals surface area contributed by atoms with E-state index in [1.807, 2.05) is 20.8 Å². The average molecular weight is 376 g/mol. The normalized spacial score (nSPS) is 11.2. The van der Waals surface area contributed by atoms with Gasteiger partial charge in [0.1, 0.15) is 5.75 Å². The molecular weight excluding hydrogens is 352 g/mol. The molecule has 140 valence electrons. The molecule has 0 aromatic heterocycles. The Balaban J connectivity index is 2.06. The van der Waals surface area contributed by atoms with Crippen LogP contribution >= 0.6 is 0 Å². The lowest BCUT2D eigenvalue weighted by molar-refractivity contribution is 0.0949. The quantitative estimate of drug-likeness (QED) is 0.740. The number of amides is 1. The summed E-state index contributed by atoms with van der Waals surface area (Å²) in [6.07, 6.45) is 0. The first-order chi connectivity index (χ1) is 12.3. The van der Waals surface area contributed by atoms with Crippen LogP contribution < -0.4 is 14.8 Å². The molecule has 0 atom stereocenters. The SMILES string of the molecule is CCOc1ccc(S(=O)(=O)Nc2ccc(C(=O)NCC(C)C)cc2)cc1. The molecule has 0 heterocycles. The second-order valence-corrected chi connectivity index (χ2v) is 7.87. The molecule has 0 saturated heterocycles. The second-order valence-electron chi connectivity index (χ2n) is 6.19. The van der Waals surface area contributed by atoms with E-state index in [2.05, 4.69) is 10.0 Å². The first kappa shape index (κ1) is 19.8. The molecule has 2 aromatic rings. The molecule has 0 unspecified atom stereocenters. The summed E-state index contributed by atoms with van der Waals surface area (Å²) in [6.45, 7) is 6.99. The number of ether oxygens (including phenoxy) is 1. The smallest absolute Gasteiger partial charge is 0.261 e. The lowest BCUT2D eigenvalue weighted by atomic mass is 10.2. The number of sulfonamides is 1. The summed E-state index contributed by atoms with van der Waals surface area (Å²) in [6, 6.07) is 12.5. The molecule has 0 aliphatic heterocycles. The maximum absolute atomic E-state index is 12.4. The van der Waals surface area contributed by atoms with Crippen LogP contribution in [-0.4, -0.2) is 27.5 Å². The molecule has 0 saturated carbocycles. The summed E-state index contributed by atoms with van der Waals surface area (Å²) in [4.78, 5) is 12.1. The molecule has 0 aliphatic rings. The zero-order chi connectivity index (χ0) is 19.2. The Hall–Kier alpha value is -2.54. The standard InChI is InChI=1S/C19H24N2O4S/c1-4-25-17-9-11-18(12-10-17)26(23,24)21-16-7-5-15(6-8-16)19(22)20-13-14(2)3/h5-12,14,21H,4,13H2,1-3H3,(H,20,22). The van der Waals surface area contributed by atoms with Gasteiger partial charge in [0.25, 0.3) is 15.9 Å². The van der Waals surface area contributed by atoms with Crippen molar-refractivity contribution in [3.63, 3.8) is 0 Å². The maximum atomic E-state index is 12.4. The maximum Gasteiger partial charge on any atom is 0.261 e. The van der Waals surface area contributed by atoms with Gasteiger partial charge in [-0.25, -0.2) is 8.42 Å². The van der Waals surface area contributed by atoms with E-state index in [0.29, 0.717) is 36.1 Å². The molecule has 2 rings (SSSR count). The molecule has 1 amide bonds. The summed E-state index contributed by atoms with van der Waals surface area (Å²) < 4.78 is 32.7. The van der Waals surface area contributed by atoms with Gasteiger partial charge in [0.05, 0.1) is 11.5 Å². The molecule has 0 radical (unpaired) electrons. The topological polar surface area (TPSA) is 84.5 Å². The highest BCUT2D eigenvalue weighted by Gasteiger charge is 2.14. The van der Waals surface area contributed by atoms with Crippen molar-refractivity contribution in [2.45, 2.75) is 25.7 Å². The van der Waals surface area contributed by atoms with Crippen LogP contribution in [0.5, 0.6) is 5.75 Å². The van der Waals surface area contributed by atoms with Crippen LogP contribution in [0.15, 0.2) is 53.4 Å². The van der Waals surface area contributed by atoms with Crippen molar-refractivity contribution in [1.82, 2.24) is 5.32 Å². The molecule has 7 heteroatoms. The van der Waals surface area contributed by atoms with Gasteiger partial charge in [0, 0.05) is 17.8 Å². The Morgan fingerprint density at radius 3 is 2.19 bits per heavy atom. The first-order valence-electron chi connectivity index (χ1n) is 8.45. The van der Waals surface area contributed by atoms with Crippen molar-refractivity contribution in [2.24, 2.45) is 5.92 Å². The van der Waals surface area contributed by atoms with E-state index < -0.39 is 10.0 Å². The number of anilines is 1. The van der Waals surface area contributed by atoms with E-state index in [4.69, 9.17) is 4.74 Å². The van der Waals surface area contributed by atoms with Gasteiger partial charge in [0.2, 0.25) is 0 Å². The molecule has 2 N–H and O–H groups in total. The average Bonchev–Trinajstić information content (AvgIpc) is 2.61. The molecular formula is C19H24N2O4S. The van der Waals surface area contributed by atoms with E-state index in [9.17, 15) is 13.2 Å². The largest absolute Gasteiger partial charge is 0.494 e. The third-order valence-corrected chi connectivity index (χ3v) is 4.91. The molecule has 6 nitrogen and oxygen atoms in total. The zero-order valence-electron chi connectivity index (χ0n) is 15.2. The van der Waals surface area contributed by atoms with Crippen molar-refractivity contribution < 1.29 is 17.9 Å². The highest BCUT2D eigenvalue weighted by molar-refractivity contribution is 7.92. The van der Waals surface area contributed by atoms with Crippen LogP contribution in [-0.2, 0) is 10.0 Å². The lowest BCUT2D eigenvalue weighted by Gasteiger charge is -2.10. The Kier molecular flexibility index (Phi) is 6.63. The van der Waals surface area contributed by atoms with E-state index in [1.54, 1.807) is 36.4 Å². The summed E-state index contributed by atoms with van der Waals surface area (Å²) in [5, 5.41) is 2.82. The lowest BCUT2D eigenvalue weighted by Crippen LogP contribution is -2.27. The number of hydrogen-bond donors (Lipinski definition) is 2. The number of carbonyl (C=O) groups excluding carboxylic acids is 1. The summed E-state index contributed by atoms with van der Waals surface area (Å²) in [7, 11) is -3.71. The van der Waals surface area contributed by atoms with Gasteiger partial charge in [-0.15, -0.1) is 0 Å². The molecule has 0 fully saturated rings. The minimum Gasteiger partial charge on any atom is -0.494 e. The predicted octanol–water partition coefficient (Wildman–Crippen LogP) is 3.27. The van der Waals surface area contributed by atoms with Crippen molar-refractivity contribution in [2.75, 3.05) is 17.9 Å². The van der Waals surface area contributed by atoms with Crippen LogP contribution in [0.1, 0.15) is 31.1 Å². The van der Waals surface area contributed by atoms with Gasteiger partial charge in [-0.05, 0) is 61.4 Å². The fourth-order valence-corrected chi connectivity index (χ4v) is 3.24. The predicted molar refractivity (Wildman–Crippen MR) is 102 cm³/mol. The van der Waals surface area contributed by atoms with Crippen LogP contribution in [0.3, 0.4) is 0 Å². The number of carbonyl (C=O) groups is 1. The number of rotatable bonds is 8. The van der Waals surface area contributed by atoms with Crippen molar-refractivity contribution >= 4 is 21.6 Å². The van der Waals surface area contributed by atoms with Crippen LogP contribution in [0, 0.1) is 5.92 Å². The first-order valence-corrected chi connectivity index (χ1v) is 9.94. The molecule has 0 aliphatic carbocycles. The van der Waals surface area contributed by atoms with E-state index >= 15 is 0 Å². The van der Waals surface area contributed by atoms with Gasteiger partial charge in [-0.2, -0.15) is 0 Å². The number of nitrogens with one attached hydrogen (secondary N) is 2. The fourth-order valence-electron chi connectivity index (χ4n) is 2.18. The summed E-state index contributed by atoms with van der Waals surface area (Å²) >= 11 is 0. The van der Waals surface area contributed by atoms with Crippen LogP contribution in [0.25, 0.3) is 0 Å². The van der Waals surface area contributed by atoms with Gasteiger partial charge >= 0.3 is 0 Å². The van der Waals surface area contributed by atoms with Crippen molar-refractivity contribution in [1.29, 1.82) is 0 Å². The van der Waals surface area contributed by atoms with Crippen molar-refractivity contribution in [3.05, 3.63) is 54.1 Å². The Labute approximate surface area is 154 Å². The fraction of sp³-hybridized carbons (Fsp3) is 0.316. The Bertz CT molecular complexity index is 829. The van der Waals surface area contributed by atoms with E-state index in [-0.39, 0.29) is 10.8 Å². The molecule has 2 aromatic carbocycles. The Morgan fingerprint density at radius 2 is 1.65 bits per heavy atom. The molecule has 0 bridgehead atoms. The number of hydrogen-bond acceptors (Lipinski definition) is 4. The second kappa shape index (κ2) is 8.71. The monoisotopic (exact) mass is 376 g/mol. The number of benzene rings is 2. The highest BCUT2D eigenvalue weighted by Crippen LogP contribution is 2.19. The Morgan fingerprint density at radius 1 is 1.04 bits per heavy atom. The van der Waals surface area contributed by atoms with E-state index in [1.165, 1.54) is 12.1 Å². The third kappa shape index (κ3) is 5.49. The molecule has 0 spiro atoms. The van der Waals surface area contributed by atoms with Crippen LogP contribution in [0.4, 0.5) is 5.69 Å². The van der Waals surface area contributed by atoms with Crippen molar-refractivity contribution in [3.8, 4) is 5.75 Å². The third-order valence-electron chi connectivity index (χ3n) is 3.52. The van der Waals surface area contributed by atoms with Crippen LogP contribution in [0.2, 0.25) is 0 Å².